The summed E-state index contributed by atoms with van der Waals surface area (Å²) in [5.74, 6) is -2.48. The van der Waals surface area contributed by atoms with Crippen molar-refractivity contribution in [2.75, 3.05) is 39.5 Å². The van der Waals surface area contributed by atoms with Crippen molar-refractivity contribution in [1.29, 1.82) is 0 Å². The van der Waals surface area contributed by atoms with E-state index in [1.165, 1.54) is 0 Å². The molecule has 0 aromatic carbocycles. The Balaban J connectivity index is 0.765. The molecule has 0 aromatic heterocycles. The Morgan fingerprint density at radius 3 is 1.52 bits per heavy atom. The minimum absolute atomic E-state index is 0.284. The molecule has 4 spiro atoms. The van der Waals surface area contributed by atoms with Crippen LogP contribution < -0.4 is 10.6 Å². The number of halogens is 2. The van der Waals surface area contributed by atoms with Crippen molar-refractivity contribution in [3.05, 3.63) is 21.1 Å². The van der Waals surface area contributed by atoms with Gasteiger partial charge in [-0.15, -0.1) is 0 Å². The summed E-state index contributed by atoms with van der Waals surface area (Å²) < 4.78 is 37.0. The van der Waals surface area contributed by atoms with E-state index < -0.39 is 22.8 Å². The number of carbonyl (C=O) groups is 2. The van der Waals surface area contributed by atoms with Crippen molar-refractivity contribution in [3.63, 3.8) is 0 Å². The zero-order chi connectivity index (χ0) is 30.2. The van der Waals surface area contributed by atoms with Gasteiger partial charge in [0, 0.05) is 25.9 Å². The van der Waals surface area contributed by atoms with Crippen LogP contribution in [-0.2, 0) is 47.7 Å². The van der Waals surface area contributed by atoms with Gasteiger partial charge in [-0.05, 0) is 69.7 Å². The van der Waals surface area contributed by atoms with Crippen molar-refractivity contribution in [2.45, 2.75) is 85.7 Å². The van der Waals surface area contributed by atoms with Crippen LogP contribution in [0.2, 0.25) is 0 Å². The molecule has 0 bridgehead atoms. The summed E-state index contributed by atoms with van der Waals surface area (Å²) in [7, 11) is 0. The number of hydrogen-bond acceptors (Lipinski definition) is 12. The quantitative estimate of drug-likeness (QED) is 0.288. The predicted molar refractivity (Wildman–Crippen MR) is 157 cm³/mol. The topological polar surface area (TPSA) is 163 Å². The number of fused-ring (bicyclic) bond motifs is 6. The highest BCUT2D eigenvalue weighted by molar-refractivity contribution is 9.12. The lowest BCUT2D eigenvalue weighted by Crippen LogP contribution is -2.53. The highest BCUT2D eigenvalue weighted by Gasteiger charge is 2.73. The van der Waals surface area contributed by atoms with E-state index in [0.29, 0.717) is 72.7 Å². The first kappa shape index (κ1) is 29.5. The molecule has 0 unspecified atom stereocenters. The summed E-state index contributed by atoms with van der Waals surface area (Å²) in [5.41, 5.74) is -1.13. The van der Waals surface area contributed by atoms with Crippen molar-refractivity contribution in [3.8, 4) is 0 Å². The molecule has 44 heavy (non-hydrogen) atoms. The summed E-state index contributed by atoms with van der Waals surface area (Å²) in [5, 5.41) is 13.9. The van der Waals surface area contributed by atoms with Gasteiger partial charge in [-0.1, -0.05) is 10.3 Å². The van der Waals surface area contributed by atoms with E-state index in [4.69, 9.17) is 38.1 Å². The summed E-state index contributed by atoms with van der Waals surface area (Å²) in [6, 6.07) is 0. The smallest absolute Gasteiger partial charge is 0.269 e. The highest BCUT2D eigenvalue weighted by Crippen LogP contribution is 2.57. The molecule has 0 radical (unpaired) electrons. The molecule has 0 aromatic rings. The molecule has 2 N–H and O–H groups in total. The first-order valence-corrected chi connectivity index (χ1v) is 16.6. The van der Waals surface area contributed by atoms with Gasteiger partial charge >= 0.3 is 0 Å². The Bertz CT molecular complexity index is 1270. The number of rotatable bonds is 7. The van der Waals surface area contributed by atoms with E-state index in [2.05, 4.69) is 52.8 Å². The number of hydrogen-bond donors (Lipinski definition) is 2. The fraction of sp³-hybridized carbons (Fsp3) is 0.714. The van der Waals surface area contributed by atoms with Crippen LogP contribution in [0.1, 0.15) is 38.5 Å². The van der Waals surface area contributed by atoms with Crippen LogP contribution >= 0.6 is 31.9 Å². The first-order valence-electron chi connectivity index (χ1n) is 15.0. The van der Waals surface area contributed by atoms with Crippen LogP contribution in [0.3, 0.4) is 0 Å². The minimum Gasteiger partial charge on any atom is -0.381 e. The van der Waals surface area contributed by atoms with Gasteiger partial charge in [0.25, 0.3) is 11.8 Å². The standard InChI is InChI=1S/C28H32Br2N4O10/c29-17-13-25(19-21(41-19)27(17)37-7-3-8-38-27)11-15(33-43-25)23(35)31-5-1-2-6-32-24(36)16-12-26(44-34-16)14-18(30)28(22-20(26)42-22)39-9-4-10-40-28/h13-14,19-22H,1-12H2,(H,31,35)(H,32,36)/t19-,20-,21+,22+,25+,26+/m1/s1. The molecule has 8 aliphatic rings. The van der Waals surface area contributed by atoms with Gasteiger partial charge in [0.2, 0.25) is 11.6 Å². The molecule has 4 fully saturated rings. The molecule has 8 rings (SSSR count). The van der Waals surface area contributed by atoms with Gasteiger partial charge in [0.15, 0.2) is 11.2 Å². The maximum Gasteiger partial charge on any atom is 0.269 e. The number of nitrogens with zero attached hydrogens (tertiary/aromatic N) is 2. The molecule has 6 aliphatic heterocycles. The lowest BCUT2D eigenvalue weighted by atomic mass is 9.84. The van der Waals surface area contributed by atoms with Gasteiger partial charge < -0.3 is 48.7 Å². The normalized spacial score (nSPS) is 38.5. The minimum atomic E-state index is -0.946. The Hall–Kier alpha value is -1.92. The predicted octanol–water partition coefficient (Wildman–Crippen LogP) is 1.42. The average Bonchev–Trinajstić information content (AvgIpc) is 3.95. The van der Waals surface area contributed by atoms with Crippen LogP contribution in [0, 0.1) is 0 Å². The molecule has 6 heterocycles. The fourth-order valence-electron chi connectivity index (χ4n) is 6.81. The van der Waals surface area contributed by atoms with Crippen molar-refractivity contribution >= 4 is 55.1 Å². The number of ether oxygens (including phenoxy) is 6. The summed E-state index contributed by atoms with van der Waals surface area (Å²) in [6.07, 6.45) is 5.99. The van der Waals surface area contributed by atoms with Gasteiger partial charge in [-0.2, -0.15) is 0 Å². The number of nitrogens with one attached hydrogen (secondary N) is 2. The third-order valence-corrected chi connectivity index (χ3v) is 10.7. The maximum atomic E-state index is 12.8. The molecule has 4 saturated heterocycles. The van der Waals surface area contributed by atoms with E-state index in [-0.39, 0.29) is 49.1 Å². The van der Waals surface area contributed by atoms with Crippen LogP contribution in [0.25, 0.3) is 0 Å². The number of epoxide rings is 2. The molecule has 16 heteroatoms. The van der Waals surface area contributed by atoms with Crippen LogP contribution in [0.5, 0.6) is 0 Å². The van der Waals surface area contributed by atoms with E-state index in [0.717, 1.165) is 12.8 Å². The first-order chi connectivity index (χ1) is 21.3. The molecule has 14 nitrogen and oxygen atoms in total. The second-order valence-electron chi connectivity index (χ2n) is 12.1. The fourth-order valence-corrected chi connectivity index (χ4v) is 8.49. The van der Waals surface area contributed by atoms with E-state index in [1.807, 2.05) is 12.2 Å². The lowest BCUT2D eigenvalue weighted by molar-refractivity contribution is -0.249. The van der Waals surface area contributed by atoms with E-state index >= 15 is 0 Å². The Morgan fingerprint density at radius 2 is 1.11 bits per heavy atom. The summed E-state index contributed by atoms with van der Waals surface area (Å²) in [6.45, 7) is 3.18. The molecule has 2 aliphatic carbocycles. The largest absolute Gasteiger partial charge is 0.381 e. The third kappa shape index (κ3) is 4.62. The molecule has 2 amide bonds. The second-order valence-corrected chi connectivity index (χ2v) is 13.8. The maximum absolute atomic E-state index is 12.8. The Kier molecular flexibility index (Phi) is 7.25. The average molecular weight is 744 g/mol. The van der Waals surface area contributed by atoms with E-state index in [9.17, 15) is 9.59 Å². The van der Waals surface area contributed by atoms with Gasteiger partial charge in [-0.25, -0.2) is 0 Å². The van der Waals surface area contributed by atoms with Gasteiger partial charge in [0.1, 0.15) is 35.8 Å². The van der Waals surface area contributed by atoms with E-state index in [1.54, 1.807) is 0 Å². The van der Waals surface area contributed by atoms with Gasteiger partial charge in [0.05, 0.1) is 35.4 Å². The molecule has 6 atom stereocenters. The van der Waals surface area contributed by atoms with Crippen LogP contribution in [0.15, 0.2) is 31.4 Å². The number of amides is 2. The highest BCUT2D eigenvalue weighted by atomic mass is 79.9. The molecule has 0 saturated carbocycles. The number of carbonyl (C=O) groups excluding carboxylic acids is 2. The SMILES string of the molecule is O=C(NCCCCNC(=O)C1=NO[C@]2(C=C(Br)C3(OCCCO3)[C@H]3O[C@H]32)C1)C1=NO[C@]2(C=C(Br)C3(OCCCO3)[C@H]3O[C@H]32)C1. The molecular formula is C28H32Br2N4O10. The van der Waals surface area contributed by atoms with Crippen LogP contribution in [-0.4, -0.2) is 110 Å². The monoisotopic (exact) mass is 742 g/mol. The van der Waals surface area contributed by atoms with Crippen molar-refractivity contribution in [1.82, 2.24) is 10.6 Å². The van der Waals surface area contributed by atoms with Crippen LogP contribution in [0.4, 0.5) is 0 Å². The zero-order valence-electron chi connectivity index (χ0n) is 23.7. The van der Waals surface area contributed by atoms with Crippen molar-refractivity contribution in [2.24, 2.45) is 10.3 Å². The summed E-state index contributed by atoms with van der Waals surface area (Å²) >= 11 is 7.18. The number of oxime groups is 2. The molecular weight excluding hydrogens is 712 g/mol. The molecule has 238 valence electrons. The van der Waals surface area contributed by atoms with Crippen molar-refractivity contribution < 1.29 is 47.7 Å². The number of unbranched alkanes of at least 4 members (excludes halogenated alkanes) is 1. The Labute approximate surface area is 269 Å². The van der Waals surface area contributed by atoms with Gasteiger partial charge in [-0.3, -0.25) is 9.59 Å². The second kappa shape index (κ2) is 10.8. The Morgan fingerprint density at radius 1 is 0.705 bits per heavy atom. The summed E-state index contributed by atoms with van der Waals surface area (Å²) in [4.78, 5) is 37.1. The third-order valence-electron chi connectivity index (χ3n) is 9.18. The lowest BCUT2D eigenvalue weighted by Gasteiger charge is -2.40. The zero-order valence-corrected chi connectivity index (χ0v) is 26.9.